The quantitative estimate of drug-likeness (QED) is 0.800. The van der Waals surface area contributed by atoms with E-state index in [1.807, 2.05) is 4.90 Å². The maximum absolute atomic E-state index is 13.2. The third kappa shape index (κ3) is 2.42. The van der Waals surface area contributed by atoms with E-state index in [1.165, 1.54) is 23.3 Å². The minimum Gasteiger partial charge on any atom is -0.306 e. The Labute approximate surface area is 141 Å². The Morgan fingerprint density at radius 2 is 1.92 bits per heavy atom. The van der Waals surface area contributed by atoms with Gasteiger partial charge in [-0.3, -0.25) is 4.79 Å². The molecular weight excluding hydrogens is 303 g/mol. The summed E-state index contributed by atoms with van der Waals surface area (Å²) >= 11 is 0. The molecule has 0 aliphatic carbocycles. The van der Waals surface area contributed by atoms with Crippen LogP contribution >= 0.6 is 0 Å². The summed E-state index contributed by atoms with van der Waals surface area (Å²) in [7, 11) is 2.14. The Bertz CT molecular complexity index is 787. The lowest BCUT2D eigenvalue weighted by Crippen LogP contribution is -2.47. The third-order valence-corrected chi connectivity index (χ3v) is 5.26. The molecule has 4 heteroatoms. The number of likely N-dealkylation sites (tertiary alicyclic amines) is 1. The van der Waals surface area contributed by atoms with Crippen LogP contribution in [0.1, 0.15) is 33.8 Å². The van der Waals surface area contributed by atoms with Crippen molar-refractivity contribution in [3.8, 4) is 0 Å². The number of nitrogens with zero attached hydrogens (tertiary/aromatic N) is 2. The molecule has 2 atom stereocenters. The lowest BCUT2D eigenvalue weighted by Gasteiger charge is -2.36. The van der Waals surface area contributed by atoms with Crippen molar-refractivity contribution >= 4 is 11.6 Å². The average Bonchev–Trinajstić information content (AvgIpc) is 2.88. The molecule has 2 aliphatic heterocycles. The number of hydrogen-bond acceptors (Lipinski definition) is 2. The first-order valence-corrected chi connectivity index (χ1v) is 8.43. The standard InChI is InChI=1S/C20H21FN2O/c1-13-3-8-18-16(11-13)17-12-22(2)10-9-19(17)23(18)20(24)14-4-6-15(21)7-5-14/h3-8,11,17,19H,9-10,12H2,1-2H3/t17-,19-/m1/s1. The van der Waals surface area contributed by atoms with E-state index in [0.717, 1.165) is 25.2 Å². The van der Waals surface area contributed by atoms with Crippen LogP contribution in [0.25, 0.3) is 0 Å². The number of hydrogen-bond donors (Lipinski definition) is 0. The van der Waals surface area contributed by atoms with Gasteiger partial charge in [-0.25, -0.2) is 4.39 Å². The number of carbonyl (C=O) groups is 1. The van der Waals surface area contributed by atoms with Gasteiger partial charge in [0, 0.05) is 29.8 Å². The third-order valence-electron chi connectivity index (χ3n) is 5.26. The molecule has 0 N–H and O–H groups in total. The number of carbonyl (C=O) groups excluding carboxylic acids is 1. The Balaban J connectivity index is 1.77. The molecule has 2 aliphatic rings. The van der Waals surface area contributed by atoms with Crippen molar-refractivity contribution in [3.63, 3.8) is 0 Å². The lowest BCUT2D eigenvalue weighted by molar-refractivity contribution is 0.0964. The number of amides is 1. The Morgan fingerprint density at radius 1 is 1.17 bits per heavy atom. The van der Waals surface area contributed by atoms with Crippen LogP contribution in [0.3, 0.4) is 0 Å². The summed E-state index contributed by atoms with van der Waals surface area (Å²) in [5.41, 5.74) is 4.04. The van der Waals surface area contributed by atoms with E-state index in [9.17, 15) is 9.18 Å². The minimum absolute atomic E-state index is 0.0304. The van der Waals surface area contributed by atoms with Crippen molar-refractivity contribution in [2.24, 2.45) is 0 Å². The predicted molar refractivity (Wildman–Crippen MR) is 93.0 cm³/mol. The number of fused-ring (bicyclic) bond motifs is 3. The molecular formula is C20H21FN2O. The molecule has 1 fully saturated rings. The first-order valence-electron chi connectivity index (χ1n) is 8.43. The van der Waals surface area contributed by atoms with E-state index in [0.29, 0.717) is 11.5 Å². The highest BCUT2D eigenvalue weighted by Gasteiger charge is 2.44. The highest BCUT2D eigenvalue weighted by molar-refractivity contribution is 6.08. The van der Waals surface area contributed by atoms with Gasteiger partial charge in [-0.2, -0.15) is 0 Å². The molecule has 0 aromatic heterocycles. The lowest BCUT2D eigenvalue weighted by atomic mass is 9.88. The minimum atomic E-state index is -0.318. The van der Waals surface area contributed by atoms with Gasteiger partial charge in [-0.05, 0) is 62.8 Å². The Morgan fingerprint density at radius 3 is 2.67 bits per heavy atom. The van der Waals surface area contributed by atoms with Crippen molar-refractivity contribution < 1.29 is 9.18 Å². The molecule has 0 bridgehead atoms. The molecule has 2 aromatic carbocycles. The molecule has 0 spiro atoms. The van der Waals surface area contributed by atoms with Crippen LogP contribution in [0.4, 0.5) is 10.1 Å². The van der Waals surface area contributed by atoms with E-state index < -0.39 is 0 Å². The number of benzene rings is 2. The Kier molecular flexibility index (Phi) is 3.65. The van der Waals surface area contributed by atoms with Gasteiger partial charge in [-0.15, -0.1) is 0 Å². The molecule has 0 unspecified atom stereocenters. The monoisotopic (exact) mass is 324 g/mol. The maximum atomic E-state index is 13.2. The topological polar surface area (TPSA) is 23.6 Å². The normalized spacial score (nSPS) is 23.0. The molecule has 4 rings (SSSR count). The molecule has 2 heterocycles. The highest BCUT2D eigenvalue weighted by Crippen LogP contribution is 2.45. The van der Waals surface area contributed by atoms with Gasteiger partial charge in [0.1, 0.15) is 5.82 Å². The molecule has 24 heavy (non-hydrogen) atoms. The van der Waals surface area contributed by atoms with Crippen LogP contribution < -0.4 is 4.90 Å². The second-order valence-electron chi connectivity index (χ2n) is 6.97. The highest BCUT2D eigenvalue weighted by atomic mass is 19.1. The van der Waals surface area contributed by atoms with Crippen molar-refractivity contribution in [1.82, 2.24) is 4.90 Å². The maximum Gasteiger partial charge on any atom is 0.258 e. The first-order chi connectivity index (χ1) is 11.5. The molecule has 0 saturated carbocycles. The van der Waals surface area contributed by atoms with Gasteiger partial charge in [0.25, 0.3) is 5.91 Å². The second-order valence-corrected chi connectivity index (χ2v) is 6.97. The van der Waals surface area contributed by atoms with Gasteiger partial charge in [-0.1, -0.05) is 17.7 Å². The zero-order chi connectivity index (χ0) is 16.8. The van der Waals surface area contributed by atoms with Crippen LogP contribution in [-0.2, 0) is 0 Å². The zero-order valence-electron chi connectivity index (χ0n) is 14.0. The fourth-order valence-corrected chi connectivity index (χ4v) is 4.08. The fraction of sp³-hybridized carbons (Fsp3) is 0.350. The Hall–Kier alpha value is -2.20. The van der Waals surface area contributed by atoms with Crippen molar-refractivity contribution in [2.45, 2.75) is 25.3 Å². The van der Waals surface area contributed by atoms with E-state index >= 15 is 0 Å². The summed E-state index contributed by atoms with van der Waals surface area (Å²) in [5, 5.41) is 0. The van der Waals surface area contributed by atoms with E-state index in [4.69, 9.17) is 0 Å². The molecule has 3 nitrogen and oxygen atoms in total. The van der Waals surface area contributed by atoms with Gasteiger partial charge in [0.2, 0.25) is 0 Å². The smallest absolute Gasteiger partial charge is 0.258 e. The average molecular weight is 324 g/mol. The summed E-state index contributed by atoms with van der Waals surface area (Å²) in [6, 6.07) is 12.4. The van der Waals surface area contributed by atoms with Crippen molar-refractivity contribution in [3.05, 3.63) is 65.0 Å². The number of piperidine rings is 1. The van der Waals surface area contributed by atoms with E-state index in [-0.39, 0.29) is 17.8 Å². The largest absolute Gasteiger partial charge is 0.306 e. The van der Waals surface area contributed by atoms with Crippen LogP contribution in [0.5, 0.6) is 0 Å². The van der Waals surface area contributed by atoms with Gasteiger partial charge >= 0.3 is 0 Å². The zero-order valence-corrected chi connectivity index (χ0v) is 14.0. The van der Waals surface area contributed by atoms with E-state index in [1.54, 1.807) is 12.1 Å². The summed E-state index contributed by atoms with van der Waals surface area (Å²) in [6.45, 7) is 4.04. The number of likely N-dealkylation sites (N-methyl/N-ethyl adjacent to an activating group) is 1. The molecule has 1 saturated heterocycles. The summed E-state index contributed by atoms with van der Waals surface area (Å²) < 4.78 is 13.2. The summed E-state index contributed by atoms with van der Waals surface area (Å²) in [5.74, 6) is 0.00127. The summed E-state index contributed by atoms with van der Waals surface area (Å²) in [4.78, 5) is 17.4. The molecule has 124 valence electrons. The fourth-order valence-electron chi connectivity index (χ4n) is 4.08. The SMILES string of the molecule is Cc1ccc2c(c1)[C@H]1CN(C)CC[C@H]1N2C(=O)c1ccc(F)cc1. The van der Waals surface area contributed by atoms with Gasteiger partial charge in [0.05, 0.1) is 0 Å². The van der Waals surface area contributed by atoms with Crippen molar-refractivity contribution in [2.75, 3.05) is 25.0 Å². The molecule has 2 aromatic rings. The predicted octanol–water partition coefficient (Wildman–Crippen LogP) is 3.58. The van der Waals surface area contributed by atoms with Gasteiger partial charge in [0.15, 0.2) is 0 Å². The number of aryl methyl sites for hydroxylation is 1. The number of rotatable bonds is 1. The van der Waals surface area contributed by atoms with Crippen LogP contribution in [-0.4, -0.2) is 37.0 Å². The van der Waals surface area contributed by atoms with Crippen molar-refractivity contribution in [1.29, 1.82) is 0 Å². The number of halogens is 1. The van der Waals surface area contributed by atoms with Crippen LogP contribution in [0, 0.1) is 12.7 Å². The van der Waals surface area contributed by atoms with E-state index in [2.05, 4.69) is 37.1 Å². The van der Waals surface area contributed by atoms with Crippen LogP contribution in [0.15, 0.2) is 42.5 Å². The summed E-state index contributed by atoms with van der Waals surface area (Å²) in [6.07, 6.45) is 0.960. The first kappa shape index (κ1) is 15.3. The molecule has 0 radical (unpaired) electrons. The molecule has 1 amide bonds. The number of anilines is 1. The second kappa shape index (κ2) is 5.71. The van der Waals surface area contributed by atoms with Gasteiger partial charge < -0.3 is 9.80 Å². The van der Waals surface area contributed by atoms with Crippen LogP contribution in [0.2, 0.25) is 0 Å².